The van der Waals surface area contributed by atoms with Crippen LogP contribution < -0.4 is 10.2 Å². The number of rotatable bonds is 9. The summed E-state index contributed by atoms with van der Waals surface area (Å²) in [7, 11) is 0. The Morgan fingerprint density at radius 1 is 1.06 bits per heavy atom. The van der Waals surface area contributed by atoms with Gasteiger partial charge in [-0.05, 0) is 56.4 Å². The number of carbonyl (C=O) groups is 3. The quantitative estimate of drug-likeness (QED) is 0.608. The first-order valence-corrected chi connectivity index (χ1v) is 11.1. The molecule has 1 atom stereocenters. The van der Waals surface area contributed by atoms with Crippen LogP contribution >= 0.6 is 0 Å². The SMILES string of the molecule is CCN(CC)CCOC(=O)c1ccc(NC(=O)C2CC(=O)N(c3ccc(C)cc3)C2)cc1. The lowest BCUT2D eigenvalue weighted by molar-refractivity contribution is -0.122. The number of nitrogens with zero attached hydrogens (tertiary/aromatic N) is 2. The van der Waals surface area contributed by atoms with Gasteiger partial charge in [0.2, 0.25) is 11.8 Å². The second-order valence-corrected chi connectivity index (χ2v) is 7.97. The number of carbonyl (C=O) groups excluding carboxylic acids is 3. The van der Waals surface area contributed by atoms with Gasteiger partial charge < -0.3 is 19.9 Å². The summed E-state index contributed by atoms with van der Waals surface area (Å²) in [6, 6.07) is 14.3. The van der Waals surface area contributed by atoms with Crippen molar-refractivity contribution in [1.29, 1.82) is 0 Å². The van der Waals surface area contributed by atoms with E-state index in [9.17, 15) is 14.4 Å². The van der Waals surface area contributed by atoms with Crippen molar-refractivity contribution in [3.05, 3.63) is 59.7 Å². The third-order valence-electron chi connectivity index (χ3n) is 5.76. The molecule has 7 nitrogen and oxygen atoms in total. The zero-order chi connectivity index (χ0) is 23.1. The number of amides is 2. The summed E-state index contributed by atoms with van der Waals surface area (Å²) < 4.78 is 5.33. The predicted molar refractivity (Wildman–Crippen MR) is 125 cm³/mol. The minimum Gasteiger partial charge on any atom is -0.461 e. The minimum atomic E-state index is -0.423. The molecule has 0 saturated carbocycles. The number of aryl methyl sites for hydroxylation is 1. The molecule has 1 heterocycles. The van der Waals surface area contributed by atoms with Gasteiger partial charge in [0, 0.05) is 30.9 Å². The molecule has 7 heteroatoms. The zero-order valence-corrected chi connectivity index (χ0v) is 19.0. The number of ether oxygens (including phenoxy) is 1. The molecule has 0 aromatic heterocycles. The Hall–Kier alpha value is -3.19. The fraction of sp³-hybridized carbons (Fsp3) is 0.400. The summed E-state index contributed by atoms with van der Waals surface area (Å²) in [5.74, 6) is -1.07. The molecule has 32 heavy (non-hydrogen) atoms. The molecule has 0 spiro atoms. The first kappa shape index (κ1) is 23.5. The van der Waals surface area contributed by atoms with E-state index in [0.717, 1.165) is 24.3 Å². The van der Waals surface area contributed by atoms with Crippen LogP contribution in [0.25, 0.3) is 0 Å². The highest BCUT2D eigenvalue weighted by atomic mass is 16.5. The Balaban J connectivity index is 1.52. The fourth-order valence-electron chi connectivity index (χ4n) is 3.68. The molecule has 0 radical (unpaired) electrons. The van der Waals surface area contributed by atoms with E-state index in [-0.39, 0.29) is 24.2 Å². The molecule has 2 aromatic carbocycles. The normalized spacial score (nSPS) is 15.8. The molecule has 1 saturated heterocycles. The van der Waals surface area contributed by atoms with E-state index < -0.39 is 5.92 Å². The third-order valence-corrected chi connectivity index (χ3v) is 5.76. The van der Waals surface area contributed by atoms with Crippen LogP contribution in [0.3, 0.4) is 0 Å². The Morgan fingerprint density at radius 2 is 1.72 bits per heavy atom. The summed E-state index contributed by atoms with van der Waals surface area (Å²) in [4.78, 5) is 41.1. The summed E-state index contributed by atoms with van der Waals surface area (Å²) in [5.41, 5.74) is 2.94. The lowest BCUT2D eigenvalue weighted by atomic mass is 10.1. The summed E-state index contributed by atoms with van der Waals surface area (Å²) in [6.07, 6.45) is 0.177. The number of nitrogens with one attached hydrogen (secondary N) is 1. The van der Waals surface area contributed by atoms with Gasteiger partial charge in [-0.3, -0.25) is 9.59 Å². The Labute approximate surface area is 189 Å². The van der Waals surface area contributed by atoms with Gasteiger partial charge in [0.1, 0.15) is 6.61 Å². The average Bonchev–Trinajstić information content (AvgIpc) is 3.19. The maximum Gasteiger partial charge on any atom is 0.338 e. The standard InChI is InChI=1S/C25H31N3O4/c1-4-27(5-2)14-15-32-25(31)19-8-10-21(11-9-19)26-24(30)20-16-23(29)28(17-20)22-12-6-18(3)7-13-22/h6-13,20H,4-5,14-17H2,1-3H3,(H,26,30). The van der Waals surface area contributed by atoms with Crippen molar-refractivity contribution < 1.29 is 19.1 Å². The number of hydrogen-bond donors (Lipinski definition) is 1. The molecule has 0 aliphatic carbocycles. The van der Waals surface area contributed by atoms with Crippen LogP contribution in [0.1, 0.15) is 36.2 Å². The summed E-state index contributed by atoms with van der Waals surface area (Å²) in [5, 5.41) is 2.85. The van der Waals surface area contributed by atoms with Gasteiger partial charge in [0.25, 0.3) is 0 Å². The molecule has 170 valence electrons. The van der Waals surface area contributed by atoms with Crippen LogP contribution in [-0.4, -0.2) is 55.5 Å². The summed E-state index contributed by atoms with van der Waals surface area (Å²) >= 11 is 0. The largest absolute Gasteiger partial charge is 0.461 e. The highest BCUT2D eigenvalue weighted by molar-refractivity contribution is 6.03. The molecular weight excluding hydrogens is 406 g/mol. The van der Waals surface area contributed by atoms with Crippen molar-refractivity contribution in [3.8, 4) is 0 Å². The van der Waals surface area contributed by atoms with E-state index in [1.165, 1.54) is 0 Å². The van der Waals surface area contributed by atoms with E-state index in [1.54, 1.807) is 29.2 Å². The molecule has 0 bridgehead atoms. The van der Waals surface area contributed by atoms with Crippen molar-refractivity contribution in [2.75, 3.05) is 43.0 Å². The van der Waals surface area contributed by atoms with Crippen LogP contribution in [-0.2, 0) is 14.3 Å². The van der Waals surface area contributed by atoms with Crippen LogP contribution in [0.15, 0.2) is 48.5 Å². The smallest absolute Gasteiger partial charge is 0.338 e. The lowest BCUT2D eigenvalue weighted by Gasteiger charge is -2.17. The van der Waals surface area contributed by atoms with Gasteiger partial charge in [0.15, 0.2) is 0 Å². The van der Waals surface area contributed by atoms with Crippen molar-refractivity contribution in [3.63, 3.8) is 0 Å². The van der Waals surface area contributed by atoms with Crippen molar-refractivity contribution >= 4 is 29.2 Å². The molecule has 1 aliphatic heterocycles. The zero-order valence-electron chi connectivity index (χ0n) is 19.0. The molecule has 2 amide bonds. The van der Waals surface area contributed by atoms with Gasteiger partial charge >= 0.3 is 5.97 Å². The molecular formula is C25H31N3O4. The lowest BCUT2D eigenvalue weighted by Crippen LogP contribution is -2.28. The monoisotopic (exact) mass is 437 g/mol. The molecule has 3 rings (SSSR count). The van der Waals surface area contributed by atoms with E-state index in [2.05, 4.69) is 24.1 Å². The Bertz CT molecular complexity index is 937. The number of likely N-dealkylation sites (N-methyl/N-ethyl adjacent to an activating group) is 1. The number of benzene rings is 2. The molecule has 1 fully saturated rings. The second-order valence-electron chi connectivity index (χ2n) is 7.97. The minimum absolute atomic E-state index is 0.0585. The highest BCUT2D eigenvalue weighted by Gasteiger charge is 2.35. The predicted octanol–water partition coefficient (Wildman–Crippen LogP) is 3.49. The van der Waals surface area contributed by atoms with Crippen molar-refractivity contribution in [1.82, 2.24) is 4.90 Å². The molecule has 1 aliphatic rings. The number of hydrogen-bond acceptors (Lipinski definition) is 5. The van der Waals surface area contributed by atoms with Gasteiger partial charge in [0.05, 0.1) is 11.5 Å². The maximum absolute atomic E-state index is 12.7. The Morgan fingerprint density at radius 3 is 2.34 bits per heavy atom. The first-order valence-electron chi connectivity index (χ1n) is 11.1. The Kier molecular flexibility index (Phi) is 8.00. The second kappa shape index (κ2) is 10.9. The molecule has 1 unspecified atom stereocenters. The third kappa shape index (κ3) is 5.95. The topological polar surface area (TPSA) is 79.0 Å². The number of anilines is 2. The van der Waals surface area contributed by atoms with Gasteiger partial charge in [-0.1, -0.05) is 31.5 Å². The van der Waals surface area contributed by atoms with Crippen molar-refractivity contribution in [2.24, 2.45) is 5.92 Å². The van der Waals surface area contributed by atoms with E-state index in [1.807, 2.05) is 31.2 Å². The first-order chi connectivity index (χ1) is 15.4. The van der Waals surface area contributed by atoms with Crippen LogP contribution in [0.5, 0.6) is 0 Å². The molecule has 1 N–H and O–H groups in total. The van der Waals surface area contributed by atoms with Crippen molar-refractivity contribution in [2.45, 2.75) is 27.2 Å². The van der Waals surface area contributed by atoms with E-state index in [4.69, 9.17) is 4.74 Å². The highest BCUT2D eigenvalue weighted by Crippen LogP contribution is 2.26. The van der Waals surface area contributed by atoms with E-state index >= 15 is 0 Å². The van der Waals surface area contributed by atoms with Gasteiger partial charge in [-0.25, -0.2) is 4.79 Å². The van der Waals surface area contributed by atoms with Gasteiger partial charge in [-0.15, -0.1) is 0 Å². The maximum atomic E-state index is 12.7. The van der Waals surface area contributed by atoms with Crippen LogP contribution in [0.4, 0.5) is 11.4 Å². The van der Waals surface area contributed by atoms with E-state index in [0.29, 0.717) is 30.9 Å². The molecule has 2 aromatic rings. The fourth-order valence-corrected chi connectivity index (χ4v) is 3.68. The van der Waals surface area contributed by atoms with Gasteiger partial charge in [-0.2, -0.15) is 0 Å². The average molecular weight is 438 g/mol. The number of esters is 1. The van der Waals surface area contributed by atoms with Crippen LogP contribution in [0.2, 0.25) is 0 Å². The van der Waals surface area contributed by atoms with Crippen LogP contribution in [0, 0.1) is 12.8 Å². The summed E-state index contributed by atoms with van der Waals surface area (Å²) in [6.45, 7) is 9.35.